The van der Waals surface area contributed by atoms with Crippen LogP contribution in [0.25, 0.3) is 0 Å². The van der Waals surface area contributed by atoms with Crippen LogP contribution in [0.5, 0.6) is 0 Å². The van der Waals surface area contributed by atoms with Gasteiger partial charge in [-0.1, -0.05) is 17.7 Å². The van der Waals surface area contributed by atoms with Gasteiger partial charge in [-0.05, 0) is 31.4 Å². The Hall–Kier alpha value is -1.13. The molecular formula is C14H15ClFNO2. The predicted molar refractivity (Wildman–Crippen MR) is 69.5 cm³/mol. The van der Waals surface area contributed by atoms with Crippen molar-refractivity contribution in [2.45, 2.75) is 37.9 Å². The lowest BCUT2D eigenvalue weighted by atomic mass is 9.89. The third-order valence-electron chi connectivity index (χ3n) is 4.40. The van der Waals surface area contributed by atoms with E-state index in [2.05, 4.69) is 4.90 Å². The van der Waals surface area contributed by atoms with E-state index in [1.54, 1.807) is 12.1 Å². The molecule has 3 nitrogen and oxygen atoms in total. The second-order valence-electron chi connectivity index (χ2n) is 5.35. The van der Waals surface area contributed by atoms with Gasteiger partial charge in [-0.3, -0.25) is 9.69 Å². The molecule has 2 bridgehead atoms. The summed E-state index contributed by atoms with van der Waals surface area (Å²) in [4.78, 5) is 13.3. The van der Waals surface area contributed by atoms with Crippen molar-refractivity contribution in [2.75, 3.05) is 0 Å². The molecular weight excluding hydrogens is 269 g/mol. The number of carboxylic acids is 1. The highest BCUT2D eigenvalue weighted by Crippen LogP contribution is 2.43. The molecule has 3 unspecified atom stereocenters. The number of hydrogen-bond acceptors (Lipinski definition) is 2. The van der Waals surface area contributed by atoms with Crippen molar-refractivity contribution in [1.29, 1.82) is 0 Å². The minimum atomic E-state index is -0.739. The van der Waals surface area contributed by atoms with Crippen LogP contribution in [0.4, 0.5) is 4.39 Å². The van der Waals surface area contributed by atoms with Crippen LogP contribution in [-0.2, 0) is 11.3 Å². The third kappa shape index (κ3) is 2.13. The number of nitrogens with zero attached hydrogens (tertiary/aromatic N) is 1. The van der Waals surface area contributed by atoms with Gasteiger partial charge < -0.3 is 5.11 Å². The fraction of sp³-hybridized carbons (Fsp3) is 0.500. The van der Waals surface area contributed by atoms with Crippen LogP contribution in [0.15, 0.2) is 18.2 Å². The molecule has 3 atom stereocenters. The molecule has 0 aromatic heterocycles. The SMILES string of the molecule is O=C(O)C1CC2CCC1N2Cc1c(F)cccc1Cl. The molecule has 3 rings (SSSR count). The first-order chi connectivity index (χ1) is 9.08. The zero-order chi connectivity index (χ0) is 13.6. The lowest BCUT2D eigenvalue weighted by Crippen LogP contribution is -2.32. The van der Waals surface area contributed by atoms with Crippen molar-refractivity contribution in [2.24, 2.45) is 5.92 Å². The van der Waals surface area contributed by atoms with Gasteiger partial charge in [0.1, 0.15) is 5.82 Å². The van der Waals surface area contributed by atoms with Crippen LogP contribution < -0.4 is 0 Å². The van der Waals surface area contributed by atoms with Crippen molar-refractivity contribution in [1.82, 2.24) is 4.90 Å². The monoisotopic (exact) mass is 283 g/mol. The van der Waals surface area contributed by atoms with E-state index in [1.807, 2.05) is 0 Å². The number of carboxylic acid groups (broad SMARTS) is 1. The Labute approximate surface area is 116 Å². The first kappa shape index (κ1) is 12.9. The fourth-order valence-electron chi connectivity index (χ4n) is 3.48. The van der Waals surface area contributed by atoms with Gasteiger partial charge >= 0.3 is 5.97 Å². The van der Waals surface area contributed by atoms with Gasteiger partial charge in [-0.2, -0.15) is 0 Å². The minimum Gasteiger partial charge on any atom is -0.481 e. The van der Waals surface area contributed by atoms with Crippen molar-refractivity contribution < 1.29 is 14.3 Å². The second-order valence-corrected chi connectivity index (χ2v) is 5.76. The maximum Gasteiger partial charge on any atom is 0.308 e. The van der Waals surface area contributed by atoms with E-state index >= 15 is 0 Å². The van der Waals surface area contributed by atoms with Crippen molar-refractivity contribution in [3.8, 4) is 0 Å². The second kappa shape index (κ2) is 4.76. The molecule has 5 heteroatoms. The smallest absolute Gasteiger partial charge is 0.308 e. The lowest BCUT2D eigenvalue weighted by Gasteiger charge is -2.23. The summed E-state index contributed by atoms with van der Waals surface area (Å²) in [5.41, 5.74) is 0.479. The molecule has 0 amide bonds. The molecule has 2 heterocycles. The van der Waals surface area contributed by atoms with E-state index in [4.69, 9.17) is 11.6 Å². The van der Waals surface area contributed by atoms with Gasteiger partial charge in [0.15, 0.2) is 0 Å². The van der Waals surface area contributed by atoms with Gasteiger partial charge in [0.25, 0.3) is 0 Å². The molecule has 2 fully saturated rings. The predicted octanol–water partition coefficient (Wildman–Crippen LogP) is 2.92. The highest BCUT2D eigenvalue weighted by molar-refractivity contribution is 6.31. The summed E-state index contributed by atoms with van der Waals surface area (Å²) in [6.07, 6.45) is 2.56. The zero-order valence-corrected chi connectivity index (χ0v) is 11.1. The number of fused-ring (bicyclic) bond motifs is 2. The van der Waals surface area contributed by atoms with E-state index in [-0.39, 0.29) is 23.8 Å². The Morgan fingerprint density at radius 2 is 2.26 bits per heavy atom. The van der Waals surface area contributed by atoms with Crippen LogP contribution >= 0.6 is 11.6 Å². The Balaban J connectivity index is 1.83. The van der Waals surface area contributed by atoms with Crippen LogP contribution in [-0.4, -0.2) is 28.1 Å². The van der Waals surface area contributed by atoms with E-state index in [0.29, 0.717) is 23.6 Å². The summed E-state index contributed by atoms with van der Waals surface area (Å²) in [5, 5.41) is 9.62. The number of hydrogen-bond donors (Lipinski definition) is 1. The summed E-state index contributed by atoms with van der Waals surface area (Å²) in [6, 6.07) is 4.93. The summed E-state index contributed by atoms with van der Waals surface area (Å²) >= 11 is 6.04. The molecule has 2 aliphatic heterocycles. The summed E-state index contributed by atoms with van der Waals surface area (Å²) in [6.45, 7) is 0.407. The van der Waals surface area contributed by atoms with Crippen molar-refractivity contribution in [3.05, 3.63) is 34.6 Å². The molecule has 0 radical (unpaired) electrons. The molecule has 0 spiro atoms. The fourth-order valence-corrected chi connectivity index (χ4v) is 3.70. The van der Waals surface area contributed by atoms with E-state index in [0.717, 1.165) is 12.8 Å². The minimum absolute atomic E-state index is 0.0261. The zero-order valence-electron chi connectivity index (χ0n) is 10.4. The van der Waals surface area contributed by atoms with Crippen molar-refractivity contribution >= 4 is 17.6 Å². The van der Waals surface area contributed by atoms with E-state index in [9.17, 15) is 14.3 Å². The summed E-state index contributed by atoms with van der Waals surface area (Å²) in [5.74, 6) is -1.37. The molecule has 19 heavy (non-hydrogen) atoms. The number of rotatable bonds is 3. The topological polar surface area (TPSA) is 40.5 Å². The summed E-state index contributed by atoms with van der Waals surface area (Å²) in [7, 11) is 0. The number of aliphatic carboxylic acids is 1. The van der Waals surface area contributed by atoms with Gasteiger partial charge in [0.2, 0.25) is 0 Å². The first-order valence-corrected chi connectivity index (χ1v) is 6.87. The third-order valence-corrected chi connectivity index (χ3v) is 4.75. The first-order valence-electron chi connectivity index (χ1n) is 6.49. The average Bonchev–Trinajstić information content (AvgIpc) is 2.91. The van der Waals surface area contributed by atoms with Gasteiger partial charge in [0, 0.05) is 29.2 Å². The summed E-state index contributed by atoms with van der Waals surface area (Å²) < 4.78 is 13.8. The number of benzene rings is 1. The largest absolute Gasteiger partial charge is 0.481 e. The number of halogens is 2. The van der Waals surface area contributed by atoms with E-state index < -0.39 is 5.97 Å². The van der Waals surface area contributed by atoms with Gasteiger partial charge in [-0.25, -0.2) is 4.39 Å². The highest BCUT2D eigenvalue weighted by Gasteiger charge is 2.49. The van der Waals surface area contributed by atoms with Crippen LogP contribution in [0.3, 0.4) is 0 Å². The maximum atomic E-state index is 13.8. The molecule has 102 valence electrons. The Kier molecular flexibility index (Phi) is 3.23. The highest BCUT2D eigenvalue weighted by atomic mass is 35.5. The van der Waals surface area contributed by atoms with Crippen LogP contribution in [0, 0.1) is 11.7 Å². The molecule has 0 aliphatic carbocycles. The molecule has 2 aliphatic rings. The van der Waals surface area contributed by atoms with Gasteiger partial charge in [0.05, 0.1) is 5.92 Å². The van der Waals surface area contributed by atoms with E-state index in [1.165, 1.54) is 6.07 Å². The Morgan fingerprint density at radius 1 is 1.47 bits per heavy atom. The normalized spacial score (nSPS) is 29.9. The number of carbonyl (C=O) groups is 1. The quantitative estimate of drug-likeness (QED) is 0.927. The van der Waals surface area contributed by atoms with Crippen LogP contribution in [0.2, 0.25) is 5.02 Å². The van der Waals surface area contributed by atoms with Gasteiger partial charge in [-0.15, -0.1) is 0 Å². The molecule has 0 saturated carbocycles. The molecule has 1 N–H and O–H groups in total. The maximum absolute atomic E-state index is 13.8. The lowest BCUT2D eigenvalue weighted by molar-refractivity contribution is -0.142. The Bertz CT molecular complexity index is 502. The Morgan fingerprint density at radius 3 is 2.89 bits per heavy atom. The molecule has 1 aromatic carbocycles. The van der Waals surface area contributed by atoms with Crippen LogP contribution in [0.1, 0.15) is 24.8 Å². The standard InChI is InChI=1S/C14H15ClFNO2/c15-11-2-1-3-12(16)10(11)7-17-8-4-5-13(17)9(6-8)14(18)19/h1-3,8-9,13H,4-7H2,(H,18,19). The molecule has 2 saturated heterocycles. The van der Waals surface area contributed by atoms with Crippen molar-refractivity contribution in [3.63, 3.8) is 0 Å². The molecule has 1 aromatic rings. The average molecular weight is 284 g/mol.